The lowest BCUT2D eigenvalue weighted by Crippen LogP contribution is -2.20. The molecule has 0 aromatic carbocycles. The van der Waals surface area contributed by atoms with Crippen molar-refractivity contribution < 1.29 is 13.8 Å². The van der Waals surface area contributed by atoms with E-state index < -0.39 is 4.92 Å². The van der Waals surface area contributed by atoms with Crippen LogP contribution in [0.25, 0.3) is 0 Å². The Hall–Kier alpha value is -2.08. The first kappa shape index (κ1) is 12.4. The summed E-state index contributed by atoms with van der Waals surface area (Å²) in [6, 6.07) is 6.30. The Bertz CT molecular complexity index is 544. The standard InChI is InChI=1S/C12H14N2O4/c1-3-13-12(9-5-4-8(2)17-9)10-6-7-11(18-10)14(15)16/h4-7,12-13H,3H2,1-2H3. The van der Waals surface area contributed by atoms with Gasteiger partial charge in [-0.2, -0.15) is 0 Å². The van der Waals surface area contributed by atoms with E-state index in [1.165, 1.54) is 6.07 Å². The highest BCUT2D eigenvalue weighted by molar-refractivity contribution is 5.25. The van der Waals surface area contributed by atoms with E-state index in [1.54, 1.807) is 6.07 Å². The molecular weight excluding hydrogens is 236 g/mol. The van der Waals surface area contributed by atoms with Crippen LogP contribution in [0.1, 0.15) is 30.2 Å². The highest BCUT2D eigenvalue weighted by Gasteiger charge is 2.23. The molecule has 96 valence electrons. The first-order valence-corrected chi connectivity index (χ1v) is 5.65. The third kappa shape index (κ3) is 2.43. The average Bonchev–Trinajstić information content (AvgIpc) is 2.94. The number of nitro groups is 1. The van der Waals surface area contributed by atoms with E-state index in [0.29, 0.717) is 18.1 Å². The summed E-state index contributed by atoms with van der Waals surface area (Å²) in [5, 5.41) is 13.8. The van der Waals surface area contributed by atoms with E-state index in [2.05, 4.69) is 5.32 Å². The van der Waals surface area contributed by atoms with Crippen LogP contribution >= 0.6 is 0 Å². The molecule has 0 aliphatic rings. The monoisotopic (exact) mass is 250 g/mol. The van der Waals surface area contributed by atoms with Gasteiger partial charge < -0.3 is 14.2 Å². The van der Waals surface area contributed by atoms with Crippen LogP contribution in [0, 0.1) is 17.0 Å². The molecule has 2 aromatic heterocycles. The van der Waals surface area contributed by atoms with Crippen molar-refractivity contribution in [1.29, 1.82) is 0 Å². The van der Waals surface area contributed by atoms with E-state index in [9.17, 15) is 10.1 Å². The third-order valence-corrected chi connectivity index (χ3v) is 2.53. The van der Waals surface area contributed by atoms with Crippen LogP contribution in [-0.2, 0) is 0 Å². The summed E-state index contributed by atoms with van der Waals surface area (Å²) in [6.07, 6.45) is 0. The van der Waals surface area contributed by atoms with Gasteiger partial charge in [0.25, 0.3) is 0 Å². The Morgan fingerprint density at radius 1 is 1.28 bits per heavy atom. The number of furan rings is 2. The first-order valence-electron chi connectivity index (χ1n) is 5.65. The second-order valence-electron chi connectivity index (χ2n) is 3.87. The van der Waals surface area contributed by atoms with Crippen molar-refractivity contribution in [3.63, 3.8) is 0 Å². The Morgan fingerprint density at radius 2 is 1.94 bits per heavy atom. The molecule has 0 aliphatic heterocycles. The fourth-order valence-corrected chi connectivity index (χ4v) is 1.75. The molecule has 1 atom stereocenters. The van der Waals surface area contributed by atoms with Gasteiger partial charge in [0.15, 0.2) is 0 Å². The highest BCUT2D eigenvalue weighted by Crippen LogP contribution is 2.27. The van der Waals surface area contributed by atoms with Crippen molar-refractivity contribution in [3.8, 4) is 0 Å². The van der Waals surface area contributed by atoms with Gasteiger partial charge in [0.05, 0.1) is 6.07 Å². The smallest absolute Gasteiger partial charge is 0.433 e. The van der Waals surface area contributed by atoms with Crippen molar-refractivity contribution in [2.45, 2.75) is 19.9 Å². The van der Waals surface area contributed by atoms with Gasteiger partial charge in [0.1, 0.15) is 28.2 Å². The summed E-state index contributed by atoms with van der Waals surface area (Å²) >= 11 is 0. The molecule has 0 aliphatic carbocycles. The van der Waals surface area contributed by atoms with Gasteiger partial charge in [-0.3, -0.25) is 10.1 Å². The number of nitrogens with zero attached hydrogens (tertiary/aromatic N) is 1. The number of nitrogens with one attached hydrogen (secondary N) is 1. The molecule has 1 unspecified atom stereocenters. The van der Waals surface area contributed by atoms with Crippen LogP contribution in [-0.4, -0.2) is 11.5 Å². The Kier molecular flexibility index (Phi) is 3.47. The molecule has 0 saturated heterocycles. The van der Waals surface area contributed by atoms with Crippen molar-refractivity contribution in [2.24, 2.45) is 0 Å². The second kappa shape index (κ2) is 5.05. The van der Waals surface area contributed by atoms with Gasteiger partial charge in [-0.25, -0.2) is 0 Å². The minimum Gasteiger partial charge on any atom is -0.464 e. The van der Waals surface area contributed by atoms with Crippen LogP contribution < -0.4 is 5.32 Å². The molecule has 0 saturated carbocycles. The lowest BCUT2D eigenvalue weighted by molar-refractivity contribution is -0.402. The van der Waals surface area contributed by atoms with Crippen molar-refractivity contribution in [1.82, 2.24) is 5.32 Å². The molecule has 18 heavy (non-hydrogen) atoms. The molecule has 1 N–H and O–H groups in total. The Morgan fingerprint density at radius 3 is 2.44 bits per heavy atom. The molecule has 0 bridgehead atoms. The predicted octanol–water partition coefficient (Wildman–Crippen LogP) is 2.79. The topological polar surface area (TPSA) is 81.5 Å². The van der Waals surface area contributed by atoms with Crippen LogP contribution in [0.5, 0.6) is 0 Å². The summed E-state index contributed by atoms with van der Waals surface area (Å²) in [4.78, 5) is 10.0. The average molecular weight is 250 g/mol. The van der Waals surface area contributed by atoms with E-state index in [0.717, 1.165) is 5.76 Å². The SMILES string of the molecule is CCNC(c1ccc(C)o1)c1ccc([N+](=O)[O-])o1. The summed E-state index contributed by atoms with van der Waals surface area (Å²) in [6.45, 7) is 4.48. The van der Waals surface area contributed by atoms with Gasteiger partial charge in [0.2, 0.25) is 0 Å². The van der Waals surface area contributed by atoms with Crippen molar-refractivity contribution in [3.05, 3.63) is 51.7 Å². The van der Waals surface area contributed by atoms with Gasteiger partial charge in [-0.05, 0) is 31.7 Å². The molecule has 6 heteroatoms. The molecule has 6 nitrogen and oxygen atoms in total. The zero-order chi connectivity index (χ0) is 13.1. The van der Waals surface area contributed by atoms with E-state index in [4.69, 9.17) is 8.83 Å². The lowest BCUT2D eigenvalue weighted by Gasteiger charge is -2.12. The van der Waals surface area contributed by atoms with Gasteiger partial charge in [-0.15, -0.1) is 0 Å². The lowest BCUT2D eigenvalue weighted by atomic mass is 10.1. The second-order valence-corrected chi connectivity index (χ2v) is 3.87. The Labute approximate surface area is 104 Å². The maximum absolute atomic E-state index is 10.6. The molecule has 2 aromatic rings. The molecule has 0 amide bonds. The maximum atomic E-state index is 10.6. The fraction of sp³-hybridized carbons (Fsp3) is 0.333. The van der Waals surface area contributed by atoms with Gasteiger partial charge >= 0.3 is 5.88 Å². The highest BCUT2D eigenvalue weighted by atomic mass is 16.6. The van der Waals surface area contributed by atoms with Crippen molar-refractivity contribution in [2.75, 3.05) is 6.54 Å². The van der Waals surface area contributed by atoms with Gasteiger partial charge in [-0.1, -0.05) is 6.92 Å². The summed E-state index contributed by atoms with van der Waals surface area (Å²) < 4.78 is 10.7. The molecule has 0 spiro atoms. The molecule has 2 rings (SSSR count). The first-order chi connectivity index (χ1) is 8.61. The molecular formula is C12H14N2O4. The number of hydrogen-bond donors (Lipinski definition) is 1. The maximum Gasteiger partial charge on any atom is 0.433 e. The van der Waals surface area contributed by atoms with Crippen LogP contribution in [0.3, 0.4) is 0 Å². The normalized spacial score (nSPS) is 12.6. The minimum absolute atomic E-state index is 0.267. The summed E-state index contributed by atoms with van der Waals surface area (Å²) in [7, 11) is 0. The van der Waals surface area contributed by atoms with E-state index in [1.807, 2.05) is 26.0 Å². The minimum atomic E-state index is -0.556. The summed E-state index contributed by atoms with van der Waals surface area (Å²) in [5.74, 6) is 1.67. The molecule has 0 fully saturated rings. The fourth-order valence-electron chi connectivity index (χ4n) is 1.75. The van der Waals surface area contributed by atoms with Crippen LogP contribution in [0.2, 0.25) is 0 Å². The number of aryl methyl sites for hydroxylation is 1. The Balaban J connectivity index is 2.31. The van der Waals surface area contributed by atoms with Crippen LogP contribution in [0.4, 0.5) is 5.88 Å². The number of hydrogen-bond acceptors (Lipinski definition) is 5. The summed E-state index contributed by atoms with van der Waals surface area (Å²) in [5.41, 5.74) is 0. The zero-order valence-electron chi connectivity index (χ0n) is 10.2. The zero-order valence-corrected chi connectivity index (χ0v) is 10.2. The van der Waals surface area contributed by atoms with Crippen LogP contribution in [0.15, 0.2) is 33.1 Å². The third-order valence-electron chi connectivity index (χ3n) is 2.53. The largest absolute Gasteiger partial charge is 0.464 e. The van der Waals surface area contributed by atoms with E-state index in [-0.39, 0.29) is 11.9 Å². The predicted molar refractivity (Wildman–Crippen MR) is 64.3 cm³/mol. The quantitative estimate of drug-likeness (QED) is 0.651. The van der Waals surface area contributed by atoms with E-state index >= 15 is 0 Å². The molecule has 2 heterocycles. The molecule has 0 radical (unpaired) electrons. The van der Waals surface area contributed by atoms with Crippen molar-refractivity contribution >= 4 is 5.88 Å². The number of rotatable bonds is 5. The van der Waals surface area contributed by atoms with Gasteiger partial charge in [0, 0.05) is 0 Å².